The van der Waals surface area contributed by atoms with E-state index in [-0.39, 0.29) is 0 Å². The summed E-state index contributed by atoms with van der Waals surface area (Å²) in [5.74, 6) is 4.96. The third kappa shape index (κ3) is 1.17. The zero-order chi connectivity index (χ0) is 8.39. The van der Waals surface area contributed by atoms with E-state index in [0.717, 1.165) is 11.2 Å². The Kier molecular flexibility index (Phi) is 1.77. The molecule has 0 aliphatic heterocycles. The molecule has 0 saturated carbocycles. The number of nitrogens with zero attached hydrogens (tertiary/aromatic N) is 2. The first-order valence-corrected chi connectivity index (χ1v) is 3.63. The summed E-state index contributed by atoms with van der Waals surface area (Å²) in [6, 6.07) is 3.86. The molecule has 0 unspecified atom stereocenters. The summed E-state index contributed by atoms with van der Waals surface area (Å²) < 4.78 is 1.92. The van der Waals surface area contributed by atoms with E-state index in [1.165, 1.54) is 0 Å². The fourth-order valence-corrected chi connectivity index (χ4v) is 1.15. The van der Waals surface area contributed by atoms with Crippen molar-refractivity contribution in [2.45, 2.75) is 6.61 Å². The topological polar surface area (TPSA) is 52.5 Å². The number of imidazole rings is 1. The quantitative estimate of drug-likeness (QED) is 0.664. The summed E-state index contributed by atoms with van der Waals surface area (Å²) in [5, 5.41) is 0. The van der Waals surface area contributed by atoms with Crippen molar-refractivity contribution in [1.29, 1.82) is 0 Å². The molecule has 2 aromatic heterocycles. The second kappa shape index (κ2) is 2.92. The molecule has 0 aliphatic rings. The van der Waals surface area contributed by atoms with Crippen LogP contribution in [0.15, 0.2) is 30.7 Å². The molecule has 0 atom stereocenters. The van der Waals surface area contributed by atoms with Crippen LogP contribution >= 0.6 is 0 Å². The summed E-state index contributed by atoms with van der Waals surface area (Å²) in [7, 11) is 0. The second-order valence-corrected chi connectivity index (χ2v) is 2.54. The lowest BCUT2D eigenvalue weighted by Crippen LogP contribution is -1.99. The molecule has 0 fully saturated rings. The molecule has 2 rings (SSSR count). The molecule has 0 saturated heterocycles. The van der Waals surface area contributed by atoms with E-state index < -0.39 is 0 Å². The molecular formula is C8H9N3O. The molecule has 12 heavy (non-hydrogen) atoms. The first-order chi connectivity index (χ1) is 5.90. The fraction of sp³-hybridized carbons (Fsp3) is 0.125. The van der Waals surface area contributed by atoms with Gasteiger partial charge in [0.25, 0.3) is 0 Å². The minimum Gasteiger partial charge on any atom is -0.307 e. The van der Waals surface area contributed by atoms with E-state index in [4.69, 9.17) is 5.90 Å². The third-order valence-electron chi connectivity index (χ3n) is 1.70. The Hall–Kier alpha value is -1.39. The SMILES string of the molecule is NOCc1ccc2nccn2c1. The molecule has 0 bridgehead atoms. The van der Waals surface area contributed by atoms with Gasteiger partial charge in [0.15, 0.2) is 0 Å². The van der Waals surface area contributed by atoms with Crippen molar-refractivity contribution in [2.75, 3.05) is 0 Å². The highest BCUT2D eigenvalue weighted by atomic mass is 16.6. The fourth-order valence-electron chi connectivity index (χ4n) is 1.15. The van der Waals surface area contributed by atoms with Gasteiger partial charge in [-0.3, -0.25) is 4.84 Å². The summed E-state index contributed by atoms with van der Waals surface area (Å²) in [6.07, 6.45) is 5.58. The molecule has 0 amide bonds. The Morgan fingerprint density at radius 1 is 1.50 bits per heavy atom. The minimum absolute atomic E-state index is 0.425. The summed E-state index contributed by atoms with van der Waals surface area (Å²) >= 11 is 0. The van der Waals surface area contributed by atoms with Crippen LogP contribution in [-0.2, 0) is 11.4 Å². The number of fused-ring (bicyclic) bond motifs is 1. The van der Waals surface area contributed by atoms with E-state index in [9.17, 15) is 0 Å². The monoisotopic (exact) mass is 163 g/mol. The zero-order valence-electron chi connectivity index (χ0n) is 6.47. The maximum absolute atomic E-state index is 4.96. The zero-order valence-corrected chi connectivity index (χ0v) is 6.47. The highest BCUT2D eigenvalue weighted by Gasteiger charge is 1.95. The first-order valence-electron chi connectivity index (χ1n) is 3.63. The Balaban J connectivity index is 2.46. The van der Waals surface area contributed by atoms with E-state index in [2.05, 4.69) is 9.82 Å². The van der Waals surface area contributed by atoms with Crippen molar-refractivity contribution in [1.82, 2.24) is 9.38 Å². The van der Waals surface area contributed by atoms with Crippen molar-refractivity contribution in [3.05, 3.63) is 36.3 Å². The normalized spacial score (nSPS) is 10.8. The largest absolute Gasteiger partial charge is 0.307 e. The molecule has 62 valence electrons. The number of rotatable bonds is 2. The highest BCUT2D eigenvalue weighted by molar-refractivity contribution is 5.39. The van der Waals surface area contributed by atoms with Gasteiger partial charge >= 0.3 is 0 Å². The van der Waals surface area contributed by atoms with Crippen LogP contribution in [-0.4, -0.2) is 9.38 Å². The van der Waals surface area contributed by atoms with Gasteiger partial charge in [-0.15, -0.1) is 0 Å². The average Bonchev–Trinajstić information content (AvgIpc) is 2.51. The minimum atomic E-state index is 0.425. The van der Waals surface area contributed by atoms with Crippen LogP contribution in [0, 0.1) is 0 Å². The van der Waals surface area contributed by atoms with Gasteiger partial charge in [-0.2, -0.15) is 0 Å². The summed E-state index contributed by atoms with van der Waals surface area (Å²) in [6.45, 7) is 0.425. The van der Waals surface area contributed by atoms with Crippen molar-refractivity contribution >= 4 is 5.65 Å². The van der Waals surface area contributed by atoms with Crippen LogP contribution < -0.4 is 5.90 Å². The summed E-state index contributed by atoms with van der Waals surface area (Å²) in [5.41, 5.74) is 1.96. The Bertz CT molecular complexity index is 382. The van der Waals surface area contributed by atoms with Gasteiger partial charge in [0.1, 0.15) is 5.65 Å². The highest BCUT2D eigenvalue weighted by Crippen LogP contribution is 2.04. The van der Waals surface area contributed by atoms with Gasteiger partial charge < -0.3 is 4.40 Å². The Labute approximate surface area is 69.5 Å². The van der Waals surface area contributed by atoms with Gasteiger partial charge in [-0.1, -0.05) is 6.07 Å². The standard InChI is InChI=1S/C8H9N3O/c9-12-6-7-1-2-8-10-3-4-11(8)5-7/h1-5H,6,9H2. The van der Waals surface area contributed by atoms with Crippen LogP contribution in [0.25, 0.3) is 5.65 Å². The van der Waals surface area contributed by atoms with Crippen LogP contribution in [0.1, 0.15) is 5.56 Å². The molecule has 4 heteroatoms. The first kappa shape index (κ1) is 7.27. The van der Waals surface area contributed by atoms with Crippen LogP contribution in [0.3, 0.4) is 0 Å². The number of hydrogen-bond acceptors (Lipinski definition) is 3. The molecule has 0 spiro atoms. The predicted octanol–water partition coefficient (Wildman–Crippen LogP) is 0.725. The number of pyridine rings is 1. The molecule has 2 N–H and O–H groups in total. The molecule has 0 aliphatic carbocycles. The smallest absolute Gasteiger partial charge is 0.136 e. The van der Waals surface area contributed by atoms with Crippen molar-refractivity contribution in [2.24, 2.45) is 5.90 Å². The van der Waals surface area contributed by atoms with Gasteiger partial charge in [0, 0.05) is 18.6 Å². The summed E-state index contributed by atoms with van der Waals surface area (Å²) in [4.78, 5) is 8.63. The van der Waals surface area contributed by atoms with Gasteiger partial charge in [0.05, 0.1) is 6.61 Å². The van der Waals surface area contributed by atoms with Gasteiger partial charge in [0.2, 0.25) is 0 Å². The van der Waals surface area contributed by atoms with Crippen molar-refractivity contribution < 1.29 is 4.84 Å². The van der Waals surface area contributed by atoms with Crippen molar-refractivity contribution in [3.63, 3.8) is 0 Å². The second-order valence-electron chi connectivity index (χ2n) is 2.54. The third-order valence-corrected chi connectivity index (χ3v) is 1.70. The lowest BCUT2D eigenvalue weighted by Gasteiger charge is -1.99. The van der Waals surface area contributed by atoms with Crippen LogP contribution in [0.2, 0.25) is 0 Å². The van der Waals surface area contributed by atoms with Crippen molar-refractivity contribution in [3.8, 4) is 0 Å². The lowest BCUT2D eigenvalue weighted by molar-refractivity contribution is 0.124. The van der Waals surface area contributed by atoms with Gasteiger partial charge in [-0.05, 0) is 11.6 Å². The van der Waals surface area contributed by atoms with E-state index in [0.29, 0.717) is 6.61 Å². The lowest BCUT2D eigenvalue weighted by atomic mass is 10.3. The number of hydrogen-bond donors (Lipinski definition) is 1. The Morgan fingerprint density at radius 3 is 3.25 bits per heavy atom. The average molecular weight is 163 g/mol. The number of nitrogens with two attached hydrogens (primary N) is 1. The van der Waals surface area contributed by atoms with Crippen LogP contribution in [0.5, 0.6) is 0 Å². The molecule has 2 heterocycles. The molecule has 4 nitrogen and oxygen atoms in total. The maximum Gasteiger partial charge on any atom is 0.136 e. The molecular weight excluding hydrogens is 154 g/mol. The maximum atomic E-state index is 4.96. The van der Waals surface area contributed by atoms with Crippen LogP contribution in [0.4, 0.5) is 0 Å². The Morgan fingerprint density at radius 2 is 2.42 bits per heavy atom. The molecule has 0 aromatic carbocycles. The number of aromatic nitrogens is 2. The predicted molar refractivity (Wildman–Crippen MR) is 44.2 cm³/mol. The van der Waals surface area contributed by atoms with Gasteiger partial charge in [-0.25, -0.2) is 10.9 Å². The molecule has 0 radical (unpaired) electrons. The van der Waals surface area contributed by atoms with E-state index in [1.54, 1.807) is 6.20 Å². The molecule has 2 aromatic rings. The van der Waals surface area contributed by atoms with E-state index in [1.807, 2.05) is 28.9 Å². The van der Waals surface area contributed by atoms with E-state index >= 15 is 0 Å².